The van der Waals surface area contributed by atoms with E-state index in [4.69, 9.17) is 14.7 Å². The summed E-state index contributed by atoms with van der Waals surface area (Å²) < 4.78 is 15.9. The molecule has 0 unspecified atom stereocenters. The zero-order valence-corrected chi connectivity index (χ0v) is 15.6. The van der Waals surface area contributed by atoms with Crippen LogP contribution in [-0.2, 0) is 9.53 Å². The van der Waals surface area contributed by atoms with Crippen molar-refractivity contribution in [2.24, 2.45) is 0 Å². The van der Waals surface area contributed by atoms with Crippen molar-refractivity contribution in [1.82, 2.24) is 0 Å². The van der Waals surface area contributed by atoms with Crippen molar-refractivity contribution in [3.8, 4) is 17.6 Å². The van der Waals surface area contributed by atoms with E-state index in [0.717, 1.165) is 4.47 Å². The summed E-state index contributed by atoms with van der Waals surface area (Å²) in [6, 6.07) is 13.2. The summed E-state index contributed by atoms with van der Waals surface area (Å²) >= 11 is 3.30. The van der Waals surface area contributed by atoms with Gasteiger partial charge in [0.05, 0.1) is 19.8 Å². The van der Waals surface area contributed by atoms with Gasteiger partial charge in [-0.1, -0.05) is 28.1 Å². The first-order valence-electron chi connectivity index (χ1n) is 7.34. The van der Waals surface area contributed by atoms with E-state index in [2.05, 4.69) is 20.7 Å². The van der Waals surface area contributed by atoms with Gasteiger partial charge in [0.1, 0.15) is 11.6 Å². The molecule has 2 aromatic rings. The van der Waals surface area contributed by atoms with Crippen LogP contribution in [0.15, 0.2) is 52.5 Å². The lowest BCUT2D eigenvalue weighted by Gasteiger charge is -2.10. The third kappa shape index (κ3) is 4.71. The van der Waals surface area contributed by atoms with Gasteiger partial charge in [0.2, 0.25) is 0 Å². The minimum atomic E-state index is -0.739. The van der Waals surface area contributed by atoms with Crippen molar-refractivity contribution in [1.29, 1.82) is 5.26 Å². The van der Waals surface area contributed by atoms with E-state index in [-0.39, 0.29) is 17.1 Å². The number of carbonyl (C=O) groups is 2. The Labute approximate surface area is 158 Å². The Hall–Kier alpha value is -3.11. The van der Waals surface area contributed by atoms with Crippen LogP contribution in [0.5, 0.6) is 11.5 Å². The maximum Gasteiger partial charge on any atom is 0.348 e. The molecule has 7 heteroatoms. The molecule has 0 aliphatic rings. The summed E-state index contributed by atoms with van der Waals surface area (Å²) in [4.78, 5) is 23.7. The molecule has 0 atom stereocenters. The third-order valence-corrected chi connectivity index (χ3v) is 3.78. The Kier molecular flexibility index (Phi) is 6.53. The summed E-state index contributed by atoms with van der Waals surface area (Å²) in [6.45, 7) is 0. The van der Waals surface area contributed by atoms with Crippen molar-refractivity contribution >= 4 is 33.9 Å². The molecule has 0 heterocycles. The number of hydrogen-bond acceptors (Lipinski definition) is 6. The standard InChI is InChI=1S/C19H14BrNO5/c1-24-17-9-12(8-14(11-21)18(22)25-2)6-7-16(17)26-19(23)13-4-3-5-15(20)10-13/h3-10H,1-2H3. The lowest BCUT2D eigenvalue weighted by Crippen LogP contribution is -2.09. The van der Waals surface area contributed by atoms with E-state index in [1.807, 2.05) is 0 Å². The number of rotatable bonds is 5. The molecule has 0 fully saturated rings. The number of esters is 2. The summed E-state index contributed by atoms with van der Waals surface area (Å²) in [5.41, 5.74) is 0.738. The van der Waals surface area contributed by atoms with E-state index in [0.29, 0.717) is 11.1 Å². The number of nitriles is 1. The number of halogens is 1. The molecule has 0 N–H and O–H groups in total. The fourth-order valence-corrected chi connectivity index (χ4v) is 2.45. The average Bonchev–Trinajstić information content (AvgIpc) is 2.66. The lowest BCUT2D eigenvalue weighted by molar-refractivity contribution is -0.135. The topological polar surface area (TPSA) is 85.6 Å². The van der Waals surface area contributed by atoms with Gasteiger partial charge in [-0.15, -0.1) is 0 Å². The number of benzene rings is 2. The normalized spacial score (nSPS) is 10.6. The molecule has 0 bridgehead atoms. The van der Waals surface area contributed by atoms with Gasteiger partial charge in [-0.2, -0.15) is 5.26 Å². The summed E-state index contributed by atoms with van der Waals surface area (Å²) in [7, 11) is 2.61. The molecule has 2 rings (SSSR count). The van der Waals surface area contributed by atoms with Gasteiger partial charge in [0.15, 0.2) is 11.5 Å². The molecule has 6 nitrogen and oxygen atoms in total. The van der Waals surface area contributed by atoms with Crippen LogP contribution in [0, 0.1) is 11.3 Å². The van der Waals surface area contributed by atoms with Gasteiger partial charge in [0, 0.05) is 4.47 Å². The van der Waals surface area contributed by atoms with E-state index in [1.54, 1.807) is 42.5 Å². The molecular formula is C19H14BrNO5. The van der Waals surface area contributed by atoms with Gasteiger partial charge in [-0.25, -0.2) is 9.59 Å². The first-order valence-corrected chi connectivity index (χ1v) is 8.13. The Morgan fingerprint density at radius 2 is 1.88 bits per heavy atom. The van der Waals surface area contributed by atoms with Gasteiger partial charge >= 0.3 is 11.9 Å². The second-order valence-corrected chi connectivity index (χ2v) is 5.89. The van der Waals surface area contributed by atoms with Crippen LogP contribution in [0.25, 0.3) is 6.08 Å². The molecule has 0 aromatic heterocycles. The third-order valence-electron chi connectivity index (χ3n) is 3.29. The number of hydrogen-bond donors (Lipinski definition) is 0. The Bertz CT molecular complexity index is 914. The zero-order valence-electron chi connectivity index (χ0n) is 14.0. The van der Waals surface area contributed by atoms with Crippen LogP contribution in [0.1, 0.15) is 15.9 Å². The Morgan fingerprint density at radius 3 is 2.50 bits per heavy atom. The maximum atomic E-state index is 12.3. The fourth-order valence-electron chi connectivity index (χ4n) is 2.05. The van der Waals surface area contributed by atoms with E-state index < -0.39 is 11.9 Å². The highest BCUT2D eigenvalue weighted by atomic mass is 79.9. The predicted molar refractivity (Wildman–Crippen MR) is 97.7 cm³/mol. The van der Waals surface area contributed by atoms with Gasteiger partial charge in [-0.05, 0) is 42.0 Å². The molecule has 0 spiro atoms. The maximum absolute atomic E-state index is 12.3. The highest BCUT2D eigenvalue weighted by molar-refractivity contribution is 9.10. The second-order valence-electron chi connectivity index (χ2n) is 4.97. The molecule has 132 valence electrons. The highest BCUT2D eigenvalue weighted by Crippen LogP contribution is 2.30. The molecule has 26 heavy (non-hydrogen) atoms. The lowest BCUT2D eigenvalue weighted by atomic mass is 10.1. The van der Waals surface area contributed by atoms with E-state index in [9.17, 15) is 9.59 Å². The largest absolute Gasteiger partial charge is 0.493 e. The number of ether oxygens (including phenoxy) is 3. The molecule has 0 aliphatic carbocycles. The van der Waals surface area contributed by atoms with Crippen LogP contribution < -0.4 is 9.47 Å². The Balaban J connectivity index is 2.29. The van der Waals surface area contributed by atoms with Gasteiger partial charge in [-0.3, -0.25) is 0 Å². The number of methoxy groups -OCH3 is 2. The predicted octanol–water partition coefficient (Wildman–Crippen LogP) is 3.76. The monoisotopic (exact) mass is 415 g/mol. The summed E-state index contributed by atoms with van der Waals surface area (Å²) in [6.07, 6.45) is 1.36. The van der Waals surface area contributed by atoms with Crippen molar-refractivity contribution in [2.45, 2.75) is 0 Å². The van der Waals surface area contributed by atoms with Gasteiger partial charge < -0.3 is 14.2 Å². The van der Waals surface area contributed by atoms with E-state index in [1.165, 1.54) is 26.4 Å². The number of nitrogens with zero attached hydrogens (tertiary/aromatic N) is 1. The molecule has 0 radical (unpaired) electrons. The van der Waals surface area contributed by atoms with Crippen molar-refractivity contribution < 1.29 is 23.8 Å². The summed E-state index contributed by atoms with van der Waals surface area (Å²) in [5.74, 6) is -0.785. The average molecular weight is 416 g/mol. The molecule has 0 aliphatic heterocycles. The fraction of sp³-hybridized carbons (Fsp3) is 0.105. The zero-order chi connectivity index (χ0) is 19.1. The second kappa shape index (κ2) is 8.83. The first-order chi connectivity index (χ1) is 12.5. The number of carbonyl (C=O) groups excluding carboxylic acids is 2. The van der Waals surface area contributed by atoms with E-state index >= 15 is 0 Å². The highest BCUT2D eigenvalue weighted by Gasteiger charge is 2.14. The SMILES string of the molecule is COC(=O)C(C#N)=Cc1ccc(OC(=O)c2cccc(Br)c2)c(OC)c1. The minimum Gasteiger partial charge on any atom is -0.493 e. The summed E-state index contributed by atoms with van der Waals surface area (Å²) in [5, 5.41) is 9.01. The van der Waals surface area contributed by atoms with Gasteiger partial charge in [0.25, 0.3) is 0 Å². The Morgan fingerprint density at radius 1 is 1.12 bits per heavy atom. The van der Waals surface area contributed by atoms with Crippen LogP contribution >= 0.6 is 15.9 Å². The molecular weight excluding hydrogens is 402 g/mol. The van der Waals surface area contributed by atoms with Crippen LogP contribution in [-0.4, -0.2) is 26.2 Å². The van der Waals surface area contributed by atoms with Crippen molar-refractivity contribution in [2.75, 3.05) is 14.2 Å². The van der Waals surface area contributed by atoms with Crippen LogP contribution in [0.3, 0.4) is 0 Å². The minimum absolute atomic E-state index is 0.159. The molecule has 0 saturated carbocycles. The van der Waals surface area contributed by atoms with Crippen LogP contribution in [0.2, 0.25) is 0 Å². The smallest absolute Gasteiger partial charge is 0.348 e. The van der Waals surface area contributed by atoms with Crippen molar-refractivity contribution in [3.05, 3.63) is 63.6 Å². The molecule has 0 saturated heterocycles. The molecule has 0 amide bonds. The van der Waals surface area contributed by atoms with Crippen LogP contribution in [0.4, 0.5) is 0 Å². The first kappa shape index (κ1) is 19.2. The quantitative estimate of drug-likeness (QED) is 0.319. The van der Waals surface area contributed by atoms with Crippen molar-refractivity contribution in [3.63, 3.8) is 0 Å². The molecule has 2 aromatic carbocycles.